The van der Waals surface area contributed by atoms with Gasteiger partial charge in [0.15, 0.2) is 0 Å². The third-order valence-electron chi connectivity index (χ3n) is 3.63. The van der Waals surface area contributed by atoms with Crippen LogP contribution in [0.5, 0.6) is 5.75 Å². The maximum Gasteiger partial charge on any atom is 0.119 e. The van der Waals surface area contributed by atoms with E-state index in [9.17, 15) is 0 Å². The van der Waals surface area contributed by atoms with Gasteiger partial charge >= 0.3 is 0 Å². The van der Waals surface area contributed by atoms with E-state index in [1.54, 1.807) is 0 Å². The molecule has 1 aliphatic rings. The molecule has 0 spiro atoms. The number of rotatable bonds is 3. The lowest BCUT2D eigenvalue weighted by atomic mass is 10.1. The van der Waals surface area contributed by atoms with Crippen LogP contribution in [0, 0.1) is 13.8 Å². The van der Waals surface area contributed by atoms with Crippen molar-refractivity contribution in [1.29, 1.82) is 0 Å². The molecule has 98 valence electrons. The van der Waals surface area contributed by atoms with Crippen molar-refractivity contribution >= 4 is 11.8 Å². The zero-order valence-corrected chi connectivity index (χ0v) is 12.2. The molecule has 1 nitrogen and oxygen atoms in total. The fourth-order valence-corrected chi connectivity index (χ4v) is 3.56. The number of benzene rings is 2. The Bertz CT molecular complexity index is 567. The highest BCUT2D eigenvalue weighted by Crippen LogP contribution is 2.36. The molecule has 0 aliphatic carbocycles. The van der Waals surface area contributed by atoms with Crippen LogP contribution >= 0.6 is 11.8 Å². The van der Waals surface area contributed by atoms with E-state index in [-0.39, 0.29) is 0 Å². The fraction of sp³-hybridized carbons (Fsp3) is 0.294. The van der Waals surface area contributed by atoms with Gasteiger partial charge in [0.25, 0.3) is 0 Å². The predicted molar refractivity (Wildman–Crippen MR) is 81.2 cm³/mol. The Kier molecular flexibility index (Phi) is 3.52. The van der Waals surface area contributed by atoms with Gasteiger partial charge in [-0.05, 0) is 55.2 Å². The molecule has 0 fully saturated rings. The summed E-state index contributed by atoms with van der Waals surface area (Å²) in [4.78, 5) is 1.41. The highest BCUT2D eigenvalue weighted by molar-refractivity contribution is 8.00. The van der Waals surface area contributed by atoms with Gasteiger partial charge in [0.1, 0.15) is 12.4 Å². The first-order chi connectivity index (χ1) is 9.22. The minimum Gasteiger partial charge on any atom is -0.492 e. The highest BCUT2D eigenvalue weighted by atomic mass is 32.2. The van der Waals surface area contributed by atoms with Gasteiger partial charge in [-0.1, -0.05) is 24.3 Å². The summed E-state index contributed by atoms with van der Waals surface area (Å²) in [6, 6.07) is 15.0. The summed E-state index contributed by atoms with van der Waals surface area (Å²) in [6.07, 6.45) is 1.12. The summed E-state index contributed by atoms with van der Waals surface area (Å²) in [5.41, 5.74) is 4.07. The van der Waals surface area contributed by atoms with Crippen LogP contribution in [-0.2, 0) is 6.42 Å². The molecular formula is C17H18OS. The molecule has 0 amide bonds. The monoisotopic (exact) mass is 270 g/mol. The SMILES string of the molecule is Cc1ccc(OCC2Cc3ccccc3S2)cc1C. The maximum atomic E-state index is 5.94. The first kappa shape index (κ1) is 12.6. The standard InChI is InChI=1S/C17H18OS/c1-12-7-8-15(9-13(12)2)18-11-16-10-14-5-3-4-6-17(14)19-16/h3-9,16H,10-11H2,1-2H3. The number of thioether (sulfide) groups is 1. The Hall–Kier alpha value is -1.41. The molecule has 0 aromatic heterocycles. The normalized spacial score (nSPS) is 17.3. The first-order valence-corrected chi connectivity index (χ1v) is 7.55. The molecule has 3 rings (SSSR count). The summed E-state index contributed by atoms with van der Waals surface area (Å²) >= 11 is 1.94. The fourth-order valence-electron chi connectivity index (χ4n) is 2.34. The van der Waals surface area contributed by atoms with Gasteiger partial charge < -0.3 is 4.74 Å². The van der Waals surface area contributed by atoms with Crippen molar-refractivity contribution in [2.24, 2.45) is 0 Å². The number of aryl methyl sites for hydroxylation is 2. The molecule has 2 heteroatoms. The van der Waals surface area contributed by atoms with Crippen molar-refractivity contribution in [1.82, 2.24) is 0 Å². The molecule has 0 bridgehead atoms. The summed E-state index contributed by atoms with van der Waals surface area (Å²) in [5, 5.41) is 0.541. The average Bonchev–Trinajstić information content (AvgIpc) is 2.83. The van der Waals surface area contributed by atoms with Crippen LogP contribution in [0.4, 0.5) is 0 Å². The highest BCUT2D eigenvalue weighted by Gasteiger charge is 2.22. The van der Waals surface area contributed by atoms with Crippen molar-refractivity contribution in [2.45, 2.75) is 30.4 Å². The van der Waals surface area contributed by atoms with Crippen molar-refractivity contribution in [3.8, 4) is 5.75 Å². The minimum atomic E-state index is 0.541. The van der Waals surface area contributed by atoms with Crippen molar-refractivity contribution in [2.75, 3.05) is 6.61 Å². The van der Waals surface area contributed by atoms with E-state index in [1.807, 2.05) is 11.8 Å². The van der Waals surface area contributed by atoms with E-state index in [2.05, 4.69) is 56.3 Å². The maximum absolute atomic E-state index is 5.94. The third kappa shape index (κ3) is 2.79. The Balaban J connectivity index is 1.61. The van der Waals surface area contributed by atoms with Crippen LogP contribution in [0.3, 0.4) is 0 Å². The van der Waals surface area contributed by atoms with Crippen LogP contribution in [0.1, 0.15) is 16.7 Å². The van der Waals surface area contributed by atoms with Gasteiger partial charge in [-0.15, -0.1) is 11.8 Å². The lowest BCUT2D eigenvalue weighted by molar-refractivity contribution is 0.317. The van der Waals surface area contributed by atoms with E-state index in [0.717, 1.165) is 18.8 Å². The zero-order valence-electron chi connectivity index (χ0n) is 11.3. The van der Waals surface area contributed by atoms with Crippen LogP contribution in [0.2, 0.25) is 0 Å². The molecule has 0 N–H and O–H groups in total. The van der Waals surface area contributed by atoms with Gasteiger partial charge in [0.05, 0.1) is 0 Å². The van der Waals surface area contributed by atoms with Gasteiger partial charge in [-0.2, -0.15) is 0 Å². The molecule has 1 heterocycles. The number of fused-ring (bicyclic) bond motifs is 1. The van der Waals surface area contributed by atoms with Crippen LogP contribution in [0.25, 0.3) is 0 Å². The van der Waals surface area contributed by atoms with Crippen LogP contribution in [-0.4, -0.2) is 11.9 Å². The minimum absolute atomic E-state index is 0.541. The molecule has 2 aromatic rings. The summed E-state index contributed by atoms with van der Waals surface area (Å²) in [6.45, 7) is 5.03. The molecule has 0 radical (unpaired) electrons. The zero-order chi connectivity index (χ0) is 13.2. The Labute approximate surface area is 119 Å². The van der Waals surface area contributed by atoms with E-state index >= 15 is 0 Å². The molecule has 19 heavy (non-hydrogen) atoms. The average molecular weight is 270 g/mol. The van der Waals surface area contributed by atoms with Gasteiger partial charge in [0.2, 0.25) is 0 Å². The molecule has 1 unspecified atom stereocenters. The predicted octanol–water partition coefficient (Wildman–Crippen LogP) is 4.40. The van der Waals surface area contributed by atoms with E-state index < -0.39 is 0 Å². The first-order valence-electron chi connectivity index (χ1n) is 6.67. The smallest absolute Gasteiger partial charge is 0.119 e. The lowest BCUT2D eigenvalue weighted by Crippen LogP contribution is -2.13. The molecule has 1 atom stereocenters. The molecular weight excluding hydrogens is 252 g/mol. The molecule has 0 saturated heterocycles. The van der Waals surface area contributed by atoms with E-state index in [0.29, 0.717) is 5.25 Å². The number of hydrogen-bond acceptors (Lipinski definition) is 2. The van der Waals surface area contributed by atoms with Crippen LogP contribution in [0.15, 0.2) is 47.4 Å². The van der Waals surface area contributed by atoms with E-state index in [4.69, 9.17) is 4.74 Å². The van der Waals surface area contributed by atoms with Crippen molar-refractivity contribution < 1.29 is 4.74 Å². The van der Waals surface area contributed by atoms with Gasteiger partial charge in [-0.25, -0.2) is 0 Å². The second kappa shape index (κ2) is 5.30. The number of ether oxygens (including phenoxy) is 1. The van der Waals surface area contributed by atoms with Gasteiger partial charge in [-0.3, -0.25) is 0 Å². The van der Waals surface area contributed by atoms with Crippen molar-refractivity contribution in [3.05, 3.63) is 59.2 Å². The quantitative estimate of drug-likeness (QED) is 0.817. The second-order valence-corrected chi connectivity index (χ2v) is 6.45. The molecule has 0 saturated carbocycles. The topological polar surface area (TPSA) is 9.23 Å². The summed E-state index contributed by atoms with van der Waals surface area (Å²) in [5.74, 6) is 0.986. The lowest BCUT2D eigenvalue weighted by Gasteiger charge is -2.12. The van der Waals surface area contributed by atoms with E-state index in [1.165, 1.54) is 21.6 Å². The molecule has 1 aliphatic heterocycles. The Morgan fingerprint density at radius 2 is 1.95 bits per heavy atom. The van der Waals surface area contributed by atoms with Gasteiger partial charge in [0, 0.05) is 10.1 Å². The molecule has 2 aromatic carbocycles. The Morgan fingerprint density at radius 3 is 2.74 bits per heavy atom. The van der Waals surface area contributed by atoms with Crippen LogP contribution < -0.4 is 4.74 Å². The number of hydrogen-bond donors (Lipinski definition) is 0. The summed E-state index contributed by atoms with van der Waals surface area (Å²) < 4.78 is 5.94. The van der Waals surface area contributed by atoms with Crippen molar-refractivity contribution in [3.63, 3.8) is 0 Å². The second-order valence-electron chi connectivity index (χ2n) is 5.11. The Morgan fingerprint density at radius 1 is 1.11 bits per heavy atom. The largest absolute Gasteiger partial charge is 0.492 e. The third-order valence-corrected chi connectivity index (χ3v) is 4.92. The summed E-state index contributed by atoms with van der Waals surface area (Å²) in [7, 11) is 0.